The lowest BCUT2D eigenvalue weighted by Crippen LogP contribution is -2.46. The molecule has 0 rings (SSSR count). The summed E-state index contributed by atoms with van der Waals surface area (Å²) >= 11 is 0. The van der Waals surface area contributed by atoms with Gasteiger partial charge in [-0.1, -0.05) is 19.6 Å². The highest BCUT2D eigenvalue weighted by molar-refractivity contribution is 6.78. The maximum absolute atomic E-state index is 10.8. The van der Waals surface area contributed by atoms with Gasteiger partial charge in [0.25, 0.3) is 0 Å². The topological polar surface area (TPSA) is 213 Å². The van der Waals surface area contributed by atoms with Crippen molar-refractivity contribution >= 4 is 31.8 Å². The van der Waals surface area contributed by atoms with Gasteiger partial charge in [-0.3, -0.25) is 19.2 Å². The zero-order valence-corrected chi connectivity index (χ0v) is 15.2. The fraction of sp³-hybridized carbons (Fsp3) is 0.692. The molecule has 140 valence electrons. The zero-order valence-electron chi connectivity index (χ0n) is 14.2. The van der Waals surface area contributed by atoms with E-state index >= 15 is 0 Å². The van der Waals surface area contributed by atoms with E-state index in [1.54, 1.807) is 0 Å². The fourth-order valence-electron chi connectivity index (χ4n) is 1.78. The summed E-state index contributed by atoms with van der Waals surface area (Å²) in [5.41, 5.74) is 20.1. The third-order valence-corrected chi connectivity index (χ3v) is 6.06. The second-order valence-electron chi connectivity index (χ2n) is 6.46. The van der Waals surface area contributed by atoms with Crippen molar-refractivity contribution in [3.8, 4) is 0 Å². The van der Waals surface area contributed by atoms with Gasteiger partial charge in [-0.2, -0.15) is 0 Å². The molecule has 0 aliphatic carbocycles. The summed E-state index contributed by atoms with van der Waals surface area (Å²) in [6.07, 6.45) is 0.182. The summed E-state index contributed by atoms with van der Waals surface area (Å²) in [5, 5.41) is 17.0. The van der Waals surface area contributed by atoms with Gasteiger partial charge in [-0.15, -0.1) is 0 Å². The third kappa shape index (κ3) is 11.6. The van der Waals surface area contributed by atoms with Crippen LogP contribution in [0.5, 0.6) is 0 Å². The van der Waals surface area contributed by atoms with Crippen LogP contribution < -0.4 is 22.9 Å². The number of nitrogens with two attached hydrogens (primary N) is 4. The molecule has 1 unspecified atom stereocenters. The van der Waals surface area contributed by atoms with Crippen LogP contribution in [0.1, 0.15) is 19.3 Å². The molecule has 0 heterocycles. The predicted octanol–water partition coefficient (Wildman–Crippen LogP) is -1.35. The number of carbonyl (C=O) groups excluding carboxylic acids is 2. The molecule has 3 atom stereocenters. The minimum atomic E-state index is -1.78. The first-order valence-electron chi connectivity index (χ1n) is 7.23. The molecule has 0 aromatic carbocycles. The van der Waals surface area contributed by atoms with Crippen LogP contribution >= 0.6 is 0 Å². The molecule has 0 bridgehead atoms. The second kappa shape index (κ2) is 10.7. The Kier molecular flexibility index (Phi) is 10.8. The molecule has 0 aromatic heterocycles. The van der Waals surface area contributed by atoms with E-state index in [2.05, 4.69) is 0 Å². The smallest absolute Gasteiger partial charge is 0.320 e. The molecule has 0 aliphatic heterocycles. The van der Waals surface area contributed by atoms with Crippen LogP contribution in [0.15, 0.2) is 0 Å². The van der Waals surface area contributed by atoms with Crippen LogP contribution in [0.2, 0.25) is 25.2 Å². The molecule has 24 heavy (non-hydrogen) atoms. The molecular weight excluding hydrogens is 336 g/mol. The number of carboxylic acid groups (broad SMARTS) is 2. The van der Waals surface area contributed by atoms with E-state index in [1.807, 2.05) is 19.6 Å². The van der Waals surface area contributed by atoms with E-state index in [1.165, 1.54) is 0 Å². The van der Waals surface area contributed by atoms with Crippen LogP contribution in [0.25, 0.3) is 0 Å². The summed E-state index contributed by atoms with van der Waals surface area (Å²) in [6, 6.07) is -1.97. The maximum atomic E-state index is 10.8. The summed E-state index contributed by atoms with van der Waals surface area (Å²) in [5.74, 6) is -3.20. The van der Waals surface area contributed by atoms with E-state index in [0.717, 1.165) is 0 Å². The van der Waals surface area contributed by atoms with Gasteiger partial charge in [-0.25, -0.2) is 0 Å². The molecule has 11 heteroatoms. The Morgan fingerprint density at radius 2 is 1.38 bits per heavy atom. The SMILES string of the molecule is C[Si](C)(C)C(CC(N)=O)[C@H](N)C(=O)O.NC(=O)CC[C@H](N)C(=O)O. The Labute approximate surface area is 141 Å². The number of carbonyl (C=O) groups is 4. The Balaban J connectivity index is 0. The van der Waals surface area contributed by atoms with Gasteiger partial charge in [0.2, 0.25) is 11.8 Å². The second-order valence-corrected chi connectivity index (χ2v) is 11.9. The van der Waals surface area contributed by atoms with Gasteiger partial charge in [0, 0.05) is 12.8 Å². The van der Waals surface area contributed by atoms with Crippen molar-refractivity contribution in [3.63, 3.8) is 0 Å². The Morgan fingerprint density at radius 1 is 0.917 bits per heavy atom. The molecule has 0 spiro atoms. The number of primary amides is 2. The van der Waals surface area contributed by atoms with Gasteiger partial charge in [0.1, 0.15) is 12.1 Å². The molecule has 2 amide bonds. The van der Waals surface area contributed by atoms with E-state index in [4.69, 9.17) is 33.1 Å². The highest BCUT2D eigenvalue weighted by atomic mass is 28.3. The molecule has 0 radical (unpaired) electrons. The van der Waals surface area contributed by atoms with E-state index in [9.17, 15) is 19.2 Å². The highest BCUT2D eigenvalue weighted by Gasteiger charge is 2.36. The number of aliphatic carboxylic acids is 2. The number of amides is 2. The third-order valence-electron chi connectivity index (χ3n) is 3.27. The molecule has 0 aromatic rings. The van der Waals surface area contributed by atoms with Crippen molar-refractivity contribution in [1.29, 1.82) is 0 Å². The molecule has 0 saturated heterocycles. The van der Waals surface area contributed by atoms with Crippen LogP contribution in [-0.2, 0) is 19.2 Å². The average Bonchev–Trinajstić information content (AvgIpc) is 2.40. The van der Waals surface area contributed by atoms with Crippen molar-refractivity contribution in [2.24, 2.45) is 22.9 Å². The monoisotopic (exact) mass is 364 g/mol. The van der Waals surface area contributed by atoms with Crippen molar-refractivity contribution in [3.05, 3.63) is 0 Å². The summed E-state index contributed by atoms with van der Waals surface area (Å²) in [4.78, 5) is 41.6. The summed E-state index contributed by atoms with van der Waals surface area (Å²) in [7, 11) is -1.78. The molecule has 0 aliphatic rings. The van der Waals surface area contributed by atoms with Crippen molar-refractivity contribution in [2.45, 2.75) is 56.5 Å². The van der Waals surface area contributed by atoms with Crippen LogP contribution in [0.3, 0.4) is 0 Å². The fourth-order valence-corrected chi connectivity index (χ4v) is 3.82. The zero-order chi connectivity index (χ0) is 19.7. The predicted molar refractivity (Wildman–Crippen MR) is 90.6 cm³/mol. The van der Waals surface area contributed by atoms with E-state index in [0.29, 0.717) is 0 Å². The Hall–Kier alpha value is -1.98. The molecule has 10 N–H and O–H groups in total. The highest BCUT2D eigenvalue weighted by Crippen LogP contribution is 2.28. The largest absolute Gasteiger partial charge is 0.480 e. The molecule has 0 fully saturated rings. The van der Waals surface area contributed by atoms with Crippen LogP contribution in [0, 0.1) is 0 Å². The van der Waals surface area contributed by atoms with Gasteiger partial charge in [0.05, 0.1) is 8.07 Å². The van der Waals surface area contributed by atoms with Gasteiger partial charge >= 0.3 is 11.9 Å². The lowest BCUT2D eigenvalue weighted by molar-refractivity contribution is -0.139. The molecular formula is C13H28N4O6Si. The number of carboxylic acids is 2. The number of rotatable bonds is 9. The van der Waals surface area contributed by atoms with E-state index in [-0.39, 0.29) is 24.8 Å². The molecule has 10 nitrogen and oxygen atoms in total. The molecule has 0 saturated carbocycles. The lowest BCUT2D eigenvalue weighted by atomic mass is 10.1. The Morgan fingerprint density at radius 3 is 1.62 bits per heavy atom. The summed E-state index contributed by atoms with van der Waals surface area (Å²) < 4.78 is 0. The first-order valence-corrected chi connectivity index (χ1v) is 10.8. The quantitative estimate of drug-likeness (QED) is 0.268. The standard InChI is InChI=1S/C8H18N2O3Si.C5H10N2O3/c1-14(2,3)5(4-6(9)11)7(10)8(12)13;6-3(5(9)10)1-2-4(7)8/h5,7H,4,10H2,1-3H3,(H2,9,11)(H,12,13);3H,1-2,6H2,(H2,7,8)(H,9,10)/t5?,7-;3-/m00/s1. The maximum Gasteiger partial charge on any atom is 0.320 e. The first kappa shape index (κ1) is 24.3. The normalized spacial score (nSPS) is 14.5. The van der Waals surface area contributed by atoms with E-state index < -0.39 is 43.9 Å². The average molecular weight is 364 g/mol. The minimum Gasteiger partial charge on any atom is -0.480 e. The lowest BCUT2D eigenvalue weighted by Gasteiger charge is -2.30. The number of hydrogen-bond donors (Lipinski definition) is 6. The summed E-state index contributed by atoms with van der Waals surface area (Å²) in [6.45, 7) is 5.93. The first-order chi connectivity index (χ1) is 10.7. The van der Waals surface area contributed by atoms with Crippen LogP contribution in [0.4, 0.5) is 0 Å². The van der Waals surface area contributed by atoms with Crippen molar-refractivity contribution in [1.82, 2.24) is 0 Å². The van der Waals surface area contributed by atoms with Crippen LogP contribution in [-0.4, -0.2) is 54.1 Å². The van der Waals surface area contributed by atoms with Crippen molar-refractivity contribution in [2.75, 3.05) is 0 Å². The van der Waals surface area contributed by atoms with Gasteiger partial charge in [0.15, 0.2) is 0 Å². The number of hydrogen-bond acceptors (Lipinski definition) is 6. The van der Waals surface area contributed by atoms with Gasteiger partial charge < -0.3 is 33.1 Å². The van der Waals surface area contributed by atoms with Gasteiger partial charge in [-0.05, 0) is 12.0 Å². The van der Waals surface area contributed by atoms with Crippen molar-refractivity contribution < 1.29 is 29.4 Å². The minimum absolute atomic E-state index is 0.0213. The Bertz CT molecular complexity index is 466.